The minimum atomic E-state index is -1.27. The van der Waals surface area contributed by atoms with Gasteiger partial charge in [-0.15, -0.1) is 0 Å². The summed E-state index contributed by atoms with van der Waals surface area (Å²) in [5.74, 6) is -2.03. The number of amides is 1. The average molecular weight is 325 g/mol. The molecule has 4 N–H and O–H groups in total. The first kappa shape index (κ1) is 13.2. The summed E-state index contributed by atoms with van der Waals surface area (Å²) in [7, 11) is 0. The SMILES string of the molecule is O=C(Nc1ccc(O)c(C(=O)O)c1)c1cc(Br)c[nH]1. The van der Waals surface area contributed by atoms with Crippen molar-refractivity contribution in [2.45, 2.75) is 0 Å². The highest BCUT2D eigenvalue weighted by Gasteiger charge is 2.13. The molecule has 7 heteroatoms. The van der Waals surface area contributed by atoms with Crippen LogP contribution in [0.15, 0.2) is 34.9 Å². The number of carbonyl (C=O) groups excluding carboxylic acids is 1. The zero-order valence-corrected chi connectivity index (χ0v) is 11.1. The lowest BCUT2D eigenvalue weighted by Gasteiger charge is -2.06. The number of aromatic nitrogens is 1. The van der Waals surface area contributed by atoms with Gasteiger partial charge in [-0.25, -0.2) is 4.79 Å². The molecule has 0 radical (unpaired) electrons. The number of nitrogens with one attached hydrogen (secondary N) is 2. The Bertz CT molecular complexity index is 651. The molecule has 2 rings (SSSR count). The van der Waals surface area contributed by atoms with Gasteiger partial charge >= 0.3 is 5.97 Å². The first-order valence-corrected chi connectivity index (χ1v) is 5.98. The summed E-state index contributed by atoms with van der Waals surface area (Å²) in [6.07, 6.45) is 1.61. The number of carboxylic acids is 1. The average Bonchev–Trinajstić information content (AvgIpc) is 2.78. The van der Waals surface area contributed by atoms with Crippen LogP contribution in [-0.4, -0.2) is 27.1 Å². The molecule has 0 spiro atoms. The largest absolute Gasteiger partial charge is 0.507 e. The van der Waals surface area contributed by atoms with E-state index in [1.54, 1.807) is 12.3 Å². The molecule has 0 fully saturated rings. The van der Waals surface area contributed by atoms with Gasteiger partial charge in [-0.2, -0.15) is 0 Å². The van der Waals surface area contributed by atoms with E-state index >= 15 is 0 Å². The fourth-order valence-electron chi connectivity index (χ4n) is 1.48. The summed E-state index contributed by atoms with van der Waals surface area (Å²) in [5, 5.41) is 20.7. The van der Waals surface area contributed by atoms with Gasteiger partial charge in [0.25, 0.3) is 5.91 Å². The van der Waals surface area contributed by atoms with Gasteiger partial charge in [0.15, 0.2) is 0 Å². The molecule has 6 nitrogen and oxygen atoms in total. The molecule has 1 aromatic carbocycles. The summed E-state index contributed by atoms with van der Waals surface area (Å²) < 4.78 is 0.731. The highest BCUT2D eigenvalue weighted by Crippen LogP contribution is 2.22. The second kappa shape index (κ2) is 5.15. The maximum absolute atomic E-state index is 11.8. The molecule has 1 aromatic heterocycles. The van der Waals surface area contributed by atoms with Crippen LogP contribution in [0.25, 0.3) is 0 Å². The molecular weight excluding hydrogens is 316 g/mol. The van der Waals surface area contributed by atoms with Gasteiger partial charge in [-0.1, -0.05) is 0 Å². The minimum absolute atomic E-state index is 0.273. The van der Waals surface area contributed by atoms with E-state index < -0.39 is 11.9 Å². The molecule has 0 saturated carbocycles. The number of phenols is 1. The van der Waals surface area contributed by atoms with Crippen LogP contribution < -0.4 is 5.32 Å². The summed E-state index contributed by atoms with van der Waals surface area (Å²) >= 11 is 3.20. The Kier molecular flexibility index (Phi) is 3.57. The van der Waals surface area contributed by atoms with Gasteiger partial charge in [0.05, 0.1) is 0 Å². The number of hydrogen-bond acceptors (Lipinski definition) is 3. The van der Waals surface area contributed by atoms with Crippen LogP contribution in [0, 0.1) is 0 Å². The number of rotatable bonds is 3. The Morgan fingerprint density at radius 2 is 2.00 bits per heavy atom. The van der Waals surface area contributed by atoms with E-state index in [1.165, 1.54) is 18.2 Å². The minimum Gasteiger partial charge on any atom is -0.507 e. The fraction of sp³-hybridized carbons (Fsp3) is 0. The highest BCUT2D eigenvalue weighted by molar-refractivity contribution is 9.10. The Balaban J connectivity index is 2.22. The molecule has 98 valence electrons. The monoisotopic (exact) mass is 324 g/mol. The van der Waals surface area contributed by atoms with Crippen LogP contribution in [0.1, 0.15) is 20.8 Å². The summed E-state index contributed by atoms with van der Waals surface area (Å²) in [4.78, 5) is 25.4. The van der Waals surface area contributed by atoms with Gasteiger partial charge in [0.1, 0.15) is 17.0 Å². The number of aromatic carboxylic acids is 1. The maximum atomic E-state index is 11.8. The molecule has 0 atom stereocenters. The van der Waals surface area contributed by atoms with Crippen molar-refractivity contribution in [3.63, 3.8) is 0 Å². The van der Waals surface area contributed by atoms with E-state index in [4.69, 9.17) is 5.11 Å². The van der Waals surface area contributed by atoms with Crippen molar-refractivity contribution in [3.05, 3.63) is 46.2 Å². The number of anilines is 1. The number of aromatic hydroxyl groups is 1. The summed E-state index contributed by atoms with van der Waals surface area (Å²) in [5.41, 5.74) is 0.341. The lowest BCUT2D eigenvalue weighted by atomic mass is 10.2. The van der Waals surface area contributed by atoms with Gasteiger partial charge in [-0.05, 0) is 40.2 Å². The van der Waals surface area contributed by atoms with E-state index in [2.05, 4.69) is 26.2 Å². The number of benzene rings is 1. The first-order chi connectivity index (χ1) is 8.97. The number of aromatic amines is 1. The topological polar surface area (TPSA) is 102 Å². The third kappa shape index (κ3) is 2.94. The lowest BCUT2D eigenvalue weighted by Crippen LogP contribution is -2.12. The fourth-order valence-corrected chi connectivity index (χ4v) is 1.83. The predicted molar refractivity (Wildman–Crippen MR) is 71.5 cm³/mol. The van der Waals surface area contributed by atoms with Crippen LogP contribution in [0.4, 0.5) is 5.69 Å². The van der Waals surface area contributed by atoms with Crippen LogP contribution >= 0.6 is 15.9 Å². The zero-order valence-electron chi connectivity index (χ0n) is 9.48. The Labute approximate surface area is 116 Å². The molecule has 2 aromatic rings. The van der Waals surface area contributed by atoms with Gasteiger partial charge < -0.3 is 20.5 Å². The van der Waals surface area contributed by atoms with Crippen molar-refractivity contribution in [1.82, 2.24) is 4.98 Å². The molecule has 1 heterocycles. The van der Waals surface area contributed by atoms with Crippen molar-refractivity contribution in [2.24, 2.45) is 0 Å². The number of carboxylic acid groups (broad SMARTS) is 1. The number of carbonyl (C=O) groups is 2. The van der Waals surface area contributed by atoms with Crippen molar-refractivity contribution in [1.29, 1.82) is 0 Å². The second-order valence-electron chi connectivity index (χ2n) is 3.72. The number of H-pyrrole nitrogens is 1. The van der Waals surface area contributed by atoms with E-state index in [1.807, 2.05) is 0 Å². The molecule has 1 amide bonds. The molecule has 0 unspecified atom stereocenters. The lowest BCUT2D eigenvalue weighted by molar-refractivity contribution is 0.0693. The highest BCUT2D eigenvalue weighted by atomic mass is 79.9. The standard InChI is InChI=1S/C12H9BrN2O4/c13-6-3-9(14-5-6)11(17)15-7-1-2-10(16)8(4-7)12(18)19/h1-5,14,16H,(H,15,17)(H,18,19). The normalized spacial score (nSPS) is 10.2. The Hall–Kier alpha value is -2.28. The van der Waals surface area contributed by atoms with Crippen LogP contribution in [0.2, 0.25) is 0 Å². The van der Waals surface area contributed by atoms with Gasteiger partial charge in [0, 0.05) is 16.4 Å². The van der Waals surface area contributed by atoms with Crippen molar-refractivity contribution >= 4 is 33.5 Å². The molecule has 0 aliphatic carbocycles. The molecule has 0 saturated heterocycles. The summed E-state index contributed by atoms with van der Waals surface area (Å²) in [6, 6.07) is 5.41. The van der Waals surface area contributed by atoms with Crippen molar-refractivity contribution < 1.29 is 19.8 Å². The molecule has 0 aliphatic heterocycles. The van der Waals surface area contributed by atoms with E-state index in [9.17, 15) is 14.7 Å². The summed E-state index contributed by atoms with van der Waals surface area (Å²) in [6.45, 7) is 0. The molecule has 19 heavy (non-hydrogen) atoms. The van der Waals surface area contributed by atoms with E-state index in [0.29, 0.717) is 5.69 Å². The Morgan fingerprint density at radius 1 is 1.26 bits per heavy atom. The van der Waals surface area contributed by atoms with Crippen molar-refractivity contribution in [2.75, 3.05) is 5.32 Å². The second-order valence-corrected chi connectivity index (χ2v) is 4.64. The number of hydrogen-bond donors (Lipinski definition) is 4. The number of halogens is 1. The van der Waals surface area contributed by atoms with E-state index in [0.717, 1.165) is 4.47 Å². The van der Waals surface area contributed by atoms with Crippen LogP contribution in [0.5, 0.6) is 5.75 Å². The molecule has 0 aliphatic rings. The first-order valence-electron chi connectivity index (χ1n) is 5.19. The quantitative estimate of drug-likeness (QED) is 0.651. The third-order valence-electron chi connectivity index (χ3n) is 2.38. The third-order valence-corrected chi connectivity index (χ3v) is 2.84. The maximum Gasteiger partial charge on any atom is 0.339 e. The van der Waals surface area contributed by atoms with E-state index in [-0.39, 0.29) is 17.0 Å². The van der Waals surface area contributed by atoms with Gasteiger partial charge in [-0.3, -0.25) is 4.79 Å². The molecular formula is C12H9BrN2O4. The molecule has 0 bridgehead atoms. The smallest absolute Gasteiger partial charge is 0.339 e. The zero-order chi connectivity index (χ0) is 14.0. The van der Waals surface area contributed by atoms with Crippen molar-refractivity contribution in [3.8, 4) is 5.75 Å². The Morgan fingerprint density at radius 3 is 2.58 bits per heavy atom. The predicted octanol–water partition coefficient (Wildman–Crippen LogP) is 2.43. The van der Waals surface area contributed by atoms with Crippen LogP contribution in [-0.2, 0) is 0 Å². The van der Waals surface area contributed by atoms with Crippen LogP contribution in [0.3, 0.4) is 0 Å². The van der Waals surface area contributed by atoms with Gasteiger partial charge in [0.2, 0.25) is 0 Å².